The Morgan fingerprint density at radius 3 is 2.79 bits per heavy atom. The third-order valence-corrected chi connectivity index (χ3v) is 4.32. The third kappa shape index (κ3) is 5.51. The molecule has 0 radical (unpaired) electrons. The van der Waals surface area contributed by atoms with Crippen LogP contribution in [0.5, 0.6) is 0 Å². The summed E-state index contributed by atoms with van der Waals surface area (Å²) < 4.78 is 1.95. The summed E-state index contributed by atoms with van der Waals surface area (Å²) in [7, 11) is 1.82. The Morgan fingerprint density at radius 1 is 1.25 bits per heavy atom. The van der Waals surface area contributed by atoms with E-state index in [0.29, 0.717) is 5.92 Å². The molecule has 0 bridgehead atoms. The topological polar surface area (TPSA) is 54.2 Å². The molecule has 1 aliphatic carbocycles. The summed E-state index contributed by atoms with van der Waals surface area (Å²) >= 11 is 0. The number of guanidine groups is 1. The highest BCUT2D eigenvalue weighted by Gasteiger charge is 2.37. The van der Waals surface area contributed by atoms with Crippen LogP contribution in [-0.2, 0) is 6.54 Å². The fourth-order valence-electron chi connectivity index (χ4n) is 2.91. The van der Waals surface area contributed by atoms with Crippen molar-refractivity contribution in [3.05, 3.63) is 54.4 Å². The quantitative estimate of drug-likeness (QED) is 0.302. The molecule has 1 aliphatic rings. The lowest BCUT2D eigenvalue weighted by Crippen LogP contribution is -2.39. The van der Waals surface area contributed by atoms with Gasteiger partial charge < -0.3 is 10.6 Å². The van der Waals surface area contributed by atoms with Crippen molar-refractivity contribution >= 4 is 29.9 Å². The smallest absolute Gasteiger partial charge is 0.190 e. The predicted octanol–water partition coefficient (Wildman–Crippen LogP) is 2.86. The second kappa shape index (κ2) is 9.66. The molecule has 1 aromatic heterocycles. The van der Waals surface area contributed by atoms with Crippen molar-refractivity contribution in [1.82, 2.24) is 20.4 Å². The molecule has 6 heteroatoms. The number of nitrogens with one attached hydrogen (secondary N) is 2. The lowest BCUT2D eigenvalue weighted by molar-refractivity contribution is 0.569. The van der Waals surface area contributed by atoms with Gasteiger partial charge in [0.2, 0.25) is 0 Å². The molecule has 1 saturated carbocycles. The number of rotatable bonds is 7. The summed E-state index contributed by atoms with van der Waals surface area (Å²) in [5.74, 6) is 2.32. The number of aliphatic imine (C=N–C) groups is 1. The van der Waals surface area contributed by atoms with Crippen LogP contribution in [0, 0.1) is 5.92 Å². The highest BCUT2D eigenvalue weighted by atomic mass is 127. The molecule has 2 aromatic rings. The first-order valence-electron chi connectivity index (χ1n) is 8.33. The number of benzene rings is 1. The number of hydrogen-bond donors (Lipinski definition) is 2. The molecule has 1 aromatic carbocycles. The van der Waals surface area contributed by atoms with Crippen molar-refractivity contribution < 1.29 is 0 Å². The van der Waals surface area contributed by atoms with Gasteiger partial charge in [-0.25, -0.2) is 0 Å². The summed E-state index contributed by atoms with van der Waals surface area (Å²) in [5.41, 5.74) is 1.46. The SMILES string of the molecule is CN=C(NCCCn1cccn1)NCC1CC1c1ccccc1.I. The Balaban J connectivity index is 0.00000208. The number of hydrogen-bond acceptors (Lipinski definition) is 2. The summed E-state index contributed by atoms with van der Waals surface area (Å²) in [6.45, 7) is 2.81. The second-order valence-corrected chi connectivity index (χ2v) is 6.02. The van der Waals surface area contributed by atoms with Gasteiger partial charge in [0, 0.05) is 39.1 Å². The summed E-state index contributed by atoms with van der Waals surface area (Å²) in [6, 6.07) is 12.7. The Hall–Kier alpha value is -1.57. The molecule has 2 atom stereocenters. The molecular formula is C18H26IN5. The minimum Gasteiger partial charge on any atom is -0.356 e. The van der Waals surface area contributed by atoms with Crippen molar-refractivity contribution in [3.8, 4) is 0 Å². The van der Waals surface area contributed by atoms with Gasteiger partial charge in [-0.2, -0.15) is 5.10 Å². The maximum Gasteiger partial charge on any atom is 0.190 e. The third-order valence-electron chi connectivity index (χ3n) is 4.32. The highest BCUT2D eigenvalue weighted by Crippen LogP contribution is 2.46. The normalized spacial score (nSPS) is 19.5. The zero-order valence-corrected chi connectivity index (χ0v) is 16.4. The van der Waals surface area contributed by atoms with Crippen LogP contribution < -0.4 is 10.6 Å². The Morgan fingerprint density at radius 2 is 2.08 bits per heavy atom. The lowest BCUT2D eigenvalue weighted by Gasteiger charge is -2.12. The van der Waals surface area contributed by atoms with Crippen LogP contribution in [-0.4, -0.2) is 35.9 Å². The van der Waals surface area contributed by atoms with E-state index in [1.807, 2.05) is 30.2 Å². The largest absolute Gasteiger partial charge is 0.356 e. The van der Waals surface area contributed by atoms with Crippen molar-refractivity contribution in [1.29, 1.82) is 0 Å². The van der Waals surface area contributed by atoms with Gasteiger partial charge in [0.05, 0.1) is 0 Å². The molecule has 1 heterocycles. The van der Waals surface area contributed by atoms with E-state index in [4.69, 9.17) is 0 Å². The predicted molar refractivity (Wildman–Crippen MR) is 109 cm³/mol. The van der Waals surface area contributed by atoms with Crippen molar-refractivity contribution in [2.45, 2.75) is 25.3 Å². The zero-order chi connectivity index (χ0) is 15.9. The fourth-order valence-corrected chi connectivity index (χ4v) is 2.91. The Labute approximate surface area is 161 Å². The van der Waals surface area contributed by atoms with Crippen molar-refractivity contribution in [2.75, 3.05) is 20.1 Å². The lowest BCUT2D eigenvalue weighted by atomic mass is 10.1. The molecular weight excluding hydrogens is 413 g/mol. The molecule has 0 amide bonds. The van der Waals surface area contributed by atoms with Crippen LogP contribution >= 0.6 is 24.0 Å². The van der Waals surface area contributed by atoms with Gasteiger partial charge in [-0.15, -0.1) is 24.0 Å². The second-order valence-electron chi connectivity index (χ2n) is 6.02. The van der Waals surface area contributed by atoms with E-state index in [-0.39, 0.29) is 24.0 Å². The molecule has 130 valence electrons. The number of nitrogens with zero attached hydrogens (tertiary/aromatic N) is 3. The molecule has 2 unspecified atom stereocenters. The van der Waals surface area contributed by atoms with Gasteiger partial charge in [0.15, 0.2) is 5.96 Å². The molecule has 2 N–H and O–H groups in total. The Kier molecular flexibility index (Phi) is 7.55. The maximum absolute atomic E-state index is 4.29. The van der Waals surface area contributed by atoms with E-state index < -0.39 is 0 Å². The van der Waals surface area contributed by atoms with E-state index in [2.05, 4.69) is 51.1 Å². The molecule has 0 saturated heterocycles. The molecule has 1 fully saturated rings. The average Bonchev–Trinajstić information content (AvgIpc) is 3.19. The fraction of sp³-hybridized carbons (Fsp3) is 0.444. The van der Waals surface area contributed by atoms with Crippen LogP contribution in [0.4, 0.5) is 0 Å². The van der Waals surface area contributed by atoms with E-state index in [1.54, 1.807) is 0 Å². The molecule has 5 nitrogen and oxygen atoms in total. The molecule has 3 rings (SSSR count). The highest BCUT2D eigenvalue weighted by molar-refractivity contribution is 14.0. The van der Waals surface area contributed by atoms with Crippen LogP contribution in [0.25, 0.3) is 0 Å². The number of aryl methyl sites for hydroxylation is 1. The van der Waals surface area contributed by atoms with Crippen LogP contribution in [0.15, 0.2) is 53.8 Å². The molecule has 24 heavy (non-hydrogen) atoms. The van der Waals surface area contributed by atoms with Crippen molar-refractivity contribution in [3.63, 3.8) is 0 Å². The van der Waals surface area contributed by atoms with Crippen LogP contribution in [0.1, 0.15) is 24.3 Å². The first kappa shape index (κ1) is 18.8. The van der Waals surface area contributed by atoms with Gasteiger partial charge in [0.1, 0.15) is 0 Å². The van der Waals surface area contributed by atoms with Crippen molar-refractivity contribution in [2.24, 2.45) is 10.9 Å². The number of aromatic nitrogens is 2. The van der Waals surface area contributed by atoms with Crippen LogP contribution in [0.2, 0.25) is 0 Å². The van der Waals surface area contributed by atoms with Gasteiger partial charge in [-0.05, 0) is 36.3 Å². The summed E-state index contributed by atoms with van der Waals surface area (Å²) in [4.78, 5) is 4.29. The summed E-state index contributed by atoms with van der Waals surface area (Å²) in [5, 5.41) is 11.0. The maximum atomic E-state index is 4.29. The van der Waals surface area contributed by atoms with Gasteiger partial charge in [-0.3, -0.25) is 9.67 Å². The zero-order valence-electron chi connectivity index (χ0n) is 14.1. The van der Waals surface area contributed by atoms with Gasteiger partial charge in [0.25, 0.3) is 0 Å². The molecule has 0 spiro atoms. The monoisotopic (exact) mass is 439 g/mol. The van der Waals surface area contributed by atoms with E-state index >= 15 is 0 Å². The van der Waals surface area contributed by atoms with Gasteiger partial charge >= 0.3 is 0 Å². The van der Waals surface area contributed by atoms with E-state index in [0.717, 1.165) is 37.9 Å². The molecule has 0 aliphatic heterocycles. The average molecular weight is 439 g/mol. The minimum atomic E-state index is 0. The minimum absolute atomic E-state index is 0. The van der Waals surface area contributed by atoms with E-state index in [1.165, 1.54) is 12.0 Å². The Bertz CT molecular complexity index is 612. The van der Waals surface area contributed by atoms with Gasteiger partial charge in [-0.1, -0.05) is 30.3 Å². The van der Waals surface area contributed by atoms with Crippen LogP contribution in [0.3, 0.4) is 0 Å². The van der Waals surface area contributed by atoms with E-state index in [9.17, 15) is 0 Å². The first-order chi connectivity index (χ1) is 11.4. The summed E-state index contributed by atoms with van der Waals surface area (Å²) in [6.07, 6.45) is 6.10. The first-order valence-corrected chi connectivity index (χ1v) is 8.33. The number of halogens is 1. The standard InChI is InChI=1S/C18H25N5.HI/c1-19-18(20-9-5-11-23-12-6-10-22-23)21-14-16-13-17(16)15-7-3-2-4-8-15;/h2-4,6-8,10,12,16-17H,5,9,11,13-14H2,1H3,(H2,19,20,21);1H.